The van der Waals surface area contributed by atoms with Gasteiger partial charge in [-0.1, -0.05) is 45.0 Å². The van der Waals surface area contributed by atoms with Crippen LogP contribution in [0, 0.1) is 34.0 Å². The predicted molar refractivity (Wildman–Crippen MR) is 103 cm³/mol. The zero-order valence-electron chi connectivity index (χ0n) is 17.1. The van der Waals surface area contributed by atoms with Crippen LogP contribution in [0.25, 0.3) is 0 Å². The van der Waals surface area contributed by atoms with Gasteiger partial charge in [-0.15, -0.1) is 0 Å². The zero-order valence-corrected chi connectivity index (χ0v) is 17.1. The van der Waals surface area contributed by atoms with Crippen molar-refractivity contribution in [2.45, 2.75) is 73.1 Å². The van der Waals surface area contributed by atoms with Gasteiger partial charge < -0.3 is 9.94 Å². The quantitative estimate of drug-likeness (QED) is 0.318. The third-order valence-corrected chi connectivity index (χ3v) is 8.49. The van der Waals surface area contributed by atoms with Crippen LogP contribution in [0.4, 0.5) is 0 Å². The van der Waals surface area contributed by atoms with Crippen molar-refractivity contribution in [1.82, 2.24) is 0 Å². The maximum absolute atomic E-state index is 11.4. The number of hydrogen-bond donors (Lipinski definition) is 1. The van der Waals surface area contributed by atoms with Gasteiger partial charge in [0, 0.05) is 18.3 Å². The van der Waals surface area contributed by atoms with Crippen LogP contribution in [0.5, 0.6) is 0 Å². The van der Waals surface area contributed by atoms with E-state index in [0.717, 1.165) is 37.8 Å². The second-order valence-electron chi connectivity index (χ2n) is 9.98. The molecule has 0 heterocycles. The maximum atomic E-state index is 11.4. The molecule has 3 fully saturated rings. The van der Waals surface area contributed by atoms with Crippen molar-refractivity contribution in [3.05, 3.63) is 12.2 Å². The molecule has 0 saturated heterocycles. The first-order chi connectivity index (χ1) is 12.1. The summed E-state index contributed by atoms with van der Waals surface area (Å²) in [7, 11) is 0. The van der Waals surface area contributed by atoms with Gasteiger partial charge in [0.1, 0.15) is 0 Å². The normalized spacial score (nSPS) is 43.5. The molecular weight excluding hydrogens is 326 g/mol. The maximum Gasteiger partial charge on any atom is 0.302 e. The molecule has 146 valence electrons. The molecule has 0 amide bonds. The van der Waals surface area contributed by atoms with E-state index in [9.17, 15) is 10.0 Å². The van der Waals surface area contributed by atoms with Crippen molar-refractivity contribution in [2.24, 2.45) is 39.2 Å². The van der Waals surface area contributed by atoms with E-state index in [1.807, 2.05) is 0 Å². The number of fused-ring (bicyclic) bond motifs is 3. The first-order valence-corrected chi connectivity index (χ1v) is 10.1. The molecule has 3 rings (SSSR count). The van der Waals surface area contributed by atoms with Crippen LogP contribution < -0.4 is 0 Å². The van der Waals surface area contributed by atoms with Gasteiger partial charge in [0.15, 0.2) is 0 Å². The zero-order chi connectivity index (χ0) is 19.3. The summed E-state index contributed by atoms with van der Waals surface area (Å²) < 4.78 is 5.46. The van der Waals surface area contributed by atoms with Crippen LogP contribution >= 0.6 is 0 Å². The fourth-order valence-corrected chi connectivity index (χ4v) is 7.13. The van der Waals surface area contributed by atoms with Crippen LogP contribution in [0.2, 0.25) is 0 Å². The van der Waals surface area contributed by atoms with E-state index >= 15 is 0 Å². The van der Waals surface area contributed by atoms with Crippen LogP contribution in [0.1, 0.15) is 73.1 Å². The molecule has 1 N–H and O–H groups in total. The van der Waals surface area contributed by atoms with Crippen molar-refractivity contribution in [2.75, 3.05) is 6.61 Å². The first-order valence-electron chi connectivity index (χ1n) is 10.1. The van der Waals surface area contributed by atoms with Crippen molar-refractivity contribution >= 4 is 11.7 Å². The summed E-state index contributed by atoms with van der Waals surface area (Å²) in [5.41, 5.74) is 2.49. The Hall–Kier alpha value is -1.32. The molecule has 0 spiro atoms. The molecule has 0 aromatic rings. The number of esters is 1. The lowest BCUT2D eigenvalue weighted by molar-refractivity contribution is -0.154. The highest BCUT2D eigenvalue weighted by Crippen LogP contribution is 2.68. The van der Waals surface area contributed by atoms with E-state index in [4.69, 9.17) is 4.74 Å². The Bertz CT molecular complexity index is 637. The number of rotatable bonds is 2. The molecule has 3 aliphatic carbocycles. The number of oxime groups is 1. The molecule has 0 aromatic carbocycles. The summed E-state index contributed by atoms with van der Waals surface area (Å²) >= 11 is 0. The Balaban J connectivity index is 1.96. The average Bonchev–Trinajstić information content (AvgIpc) is 2.53. The van der Waals surface area contributed by atoms with E-state index in [1.165, 1.54) is 18.9 Å². The highest BCUT2D eigenvalue weighted by Gasteiger charge is 2.62. The molecule has 4 nitrogen and oxygen atoms in total. The van der Waals surface area contributed by atoms with E-state index in [0.29, 0.717) is 18.4 Å². The van der Waals surface area contributed by atoms with Crippen LogP contribution in [-0.4, -0.2) is 23.5 Å². The summed E-state index contributed by atoms with van der Waals surface area (Å²) in [5.74, 6) is 1.15. The molecule has 4 heteroatoms. The number of nitrogens with zero attached hydrogens (tertiary/aromatic N) is 1. The van der Waals surface area contributed by atoms with E-state index < -0.39 is 0 Å². The van der Waals surface area contributed by atoms with E-state index in [-0.39, 0.29) is 28.1 Å². The molecule has 0 aromatic heterocycles. The standard InChI is InChI=1S/C22H35NO3/c1-14-7-8-18-21(5,16(14)13-26-15(2)24)11-9-17-20(3,4)19(23-25)10-12-22(17,18)6/h16-18,25H,1,7-13H2,2-6H3/b23-19-/t16-,17+,18+,21+,22+/m1/s1. The third kappa shape index (κ3) is 2.71. The van der Waals surface area contributed by atoms with Crippen molar-refractivity contribution in [1.29, 1.82) is 0 Å². The molecule has 3 aliphatic rings. The van der Waals surface area contributed by atoms with Gasteiger partial charge in [0.25, 0.3) is 0 Å². The second kappa shape index (κ2) is 6.38. The van der Waals surface area contributed by atoms with Gasteiger partial charge in [-0.25, -0.2) is 0 Å². The van der Waals surface area contributed by atoms with Crippen LogP contribution in [0.15, 0.2) is 17.3 Å². The summed E-state index contributed by atoms with van der Waals surface area (Å²) in [6.07, 6.45) is 6.38. The Labute approximate surface area is 158 Å². The topological polar surface area (TPSA) is 58.9 Å². The largest absolute Gasteiger partial charge is 0.465 e. The summed E-state index contributed by atoms with van der Waals surface area (Å²) in [4.78, 5) is 11.4. The van der Waals surface area contributed by atoms with Gasteiger partial charge in [-0.05, 0) is 61.2 Å². The monoisotopic (exact) mass is 361 g/mol. The summed E-state index contributed by atoms with van der Waals surface area (Å²) in [5, 5.41) is 13.2. The molecule has 0 unspecified atom stereocenters. The lowest BCUT2D eigenvalue weighted by atomic mass is 9.39. The van der Waals surface area contributed by atoms with Crippen LogP contribution in [0.3, 0.4) is 0 Å². The van der Waals surface area contributed by atoms with Gasteiger partial charge >= 0.3 is 5.97 Å². The molecule has 0 bridgehead atoms. The highest BCUT2D eigenvalue weighted by atomic mass is 16.5. The molecule has 26 heavy (non-hydrogen) atoms. The van der Waals surface area contributed by atoms with Gasteiger partial charge in [-0.2, -0.15) is 0 Å². The molecule has 0 radical (unpaired) electrons. The number of carbonyl (C=O) groups excluding carboxylic acids is 1. The Morgan fingerprint density at radius 1 is 1.15 bits per heavy atom. The van der Waals surface area contributed by atoms with Crippen LogP contribution in [-0.2, 0) is 9.53 Å². The fourth-order valence-electron chi connectivity index (χ4n) is 7.13. The van der Waals surface area contributed by atoms with E-state index in [2.05, 4.69) is 39.4 Å². The summed E-state index contributed by atoms with van der Waals surface area (Å²) in [6, 6.07) is 0. The number of hydrogen-bond acceptors (Lipinski definition) is 4. The second-order valence-corrected chi connectivity index (χ2v) is 9.98. The fraction of sp³-hybridized carbons (Fsp3) is 0.818. The van der Waals surface area contributed by atoms with Crippen molar-refractivity contribution < 1.29 is 14.7 Å². The Kier molecular flexibility index (Phi) is 4.77. The predicted octanol–water partition coefficient (Wildman–Crippen LogP) is 5.20. The minimum absolute atomic E-state index is 0.0666. The minimum Gasteiger partial charge on any atom is -0.465 e. The number of carbonyl (C=O) groups is 1. The Morgan fingerprint density at radius 3 is 2.46 bits per heavy atom. The van der Waals surface area contributed by atoms with Crippen molar-refractivity contribution in [3.8, 4) is 0 Å². The number of ether oxygens (including phenoxy) is 1. The summed E-state index contributed by atoms with van der Waals surface area (Å²) in [6.45, 7) is 15.7. The lowest BCUT2D eigenvalue weighted by Gasteiger charge is -2.65. The molecular formula is C22H35NO3. The molecule has 3 saturated carbocycles. The third-order valence-electron chi connectivity index (χ3n) is 8.49. The van der Waals surface area contributed by atoms with Gasteiger partial charge in [0.2, 0.25) is 0 Å². The van der Waals surface area contributed by atoms with Gasteiger partial charge in [-0.3, -0.25) is 4.79 Å². The smallest absolute Gasteiger partial charge is 0.302 e. The minimum atomic E-state index is -0.203. The Morgan fingerprint density at radius 2 is 1.85 bits per heavy atom. The average molecular weight is 362 g/mol. The SMILES string of the molecule is C=C1CC[C@H]2[C@@](C)(CC[C@H]3C(C)(C)/C(=N\O)CC[C@]23C)[C@@H]1COC(C)=O. The van der Waals surface area contributed by atoms with Gasteiger partial charge in [0.05, 0.1) is 12.3 Å². The lowest BCUT2D eigenvalue weighted by Crippen LogP contribution is -2.60. The molecule has 0 aliphatic heterocycles. The first kappa shape index (κ1) is 19.4. The highest BCUT2D eigenvalue weighted by molar-refractivity contribution is 5.90. The van der Waals surface area contributed by atoms with Crippen molar-refractivity contribution in [3.63, 3.8) is 0 Å². The van der Waals surface area contributed by atoms with E-state index in [1.54, 1.807) is 0 Å². The molecule has 5 atom stereocenters.